The molecule has 7 heteroatoms. The highest BCUT2D eigenvalue weighted by Crippen LogP contribution is 2.55. The third-order valence-corrected chi connectivity index (χ3v) is 7.29. The summed E-state index contributed by atoms with van der Waals surface area (Å²) in [6.07, 6.45) is -0.0650. The van der Waals surface area contributed by atoms with Crippen LogP contribution in [0.1, 0.15) is 36.5 Å². The van der Waals surface area contributed by atoms with Crippen molar-refractivity contribution in [3.8, 4) is 0 Å². The van der Waals surface area contributed by atoms with Crippen LogP contribution in [0.2, 0.25) is 0 Å². The van der Waals surface area contributed by atoms with Crippen molar-refractivity contribution in [2.24, 2.45) is 5.92 Å². The maximum Gasteiger partial charge on any atom is 0.307 e. The number of esters is 1. The molecular weight excluding hydrogens is 420 g/mol. The van der Waals surface area contributed by atoms with Gasteiger partial charge in [-0.1, -0.05) is 36.4 Å². The zero-order valence-corrected chi connectivity index (χ0v) is 18.9. The van der Waals surface area contributed by atoms with Gasteiger partial charge in [-0.3, -0.25) is 24.1 Å². The predicted octanol–water partition coefficient (Wildman–Crippen LogP) is 2.71. The molecule has 0 bridgehead atoms. The van der Waals surface area contributed by atoms with Crippen molar-refractivity contribution in [2.75, 3.05) is 4.90 Å². The molecule has 1 spiro atoms. The molecule has 3 aliphatic heterocycles. The second-order valence-corrected chi connectivity index (χ2v) is 9.34. The normalized spacial score (nSPS) is 28.2. The Bertz CT molecular complexity index is 1180. The van der Waals surface area contributed by atoms with Gasteiger partial charge in [0.15, 0.2) is 11.6 Å². The minimum Gasteiger partial charge on any atom is -0.453 e. The molecule has 3 heterocycles. The average Bonchev–Trinajstić information content (AvgIpc) is 3.30. The van der Waals surface area contributed by atoms with Gasteiger partial charge in [0.05, 0.1) is 18.4 Å². The average molecular weight is 447 g/mol. The number of carbonyl (C=O) groups excluding carboxylic acids is 4. The van der Waals surface area contributed by atoms with Gasteiger partial charge in [0.1, 0.15) is 5.78 Å². The van der Waals surface area contributed by atoms with Gasteiger partial charge in [-0.15, -0.1) is 0 Å². The maximum atomic E-state index is 13.9. The van der Waals surface area contributed by atoms with Crippen LogP contribution in [-0.4, -0.2) is 46.2 Å². The molecule has 2 amide bonds. The number of amides is 2. The monoisotopic (exact) mass is 446 g/mol. The zero-order valence-electron chi connectivity index (χ0n) is 18.9. The van der Waals surface area contributed by atoms with Crippen LogP contribution in [0.4, 0.5) is 5.69 Å². The number of hydrogen-bond donors (Lipinski definition) is 0. The Morgan fingerprint density at radius 3 is 2.42 bits per heavy atom. The Kier molecular flexibility index (Phi) is 4.88. The van der Waals surface area contributed by atoms with Crippen LogP contribution in [0.5, 0.6) is 0 Å². The van der Waals surface area contributed by atoms with Crippen molar-refractivity contribution in [1.82, 2.24) is 4.90 Å². The van der Waals surface area contributed by atoms with Gasteiger partial charge in [-0.05, 0) is 49.6 Å². The number of nitrogens with zero attached hydrogens (tertiary/aromatic N) is 2. The number of carbonyl (C=O) groups is 4. The highest BCUT2D eigenvalue weighted by Gasteiger charge is 2.77. The Hall–Kier alpha value is -3.48. The van der Waals surface area contributed by atoms with Gasteiger partial charge >= 0.3 is 5.97 Å². The smallest absolute Gasteiger partial charge is 0.307 e. The molecule has 5 rings (SSSR count). The third kappa shape index (κ3) is 3.09. The number of hydrogen-bond acceptors (Lipinski definition) is 5. The summed E-state index contributed by atoms with van der Waals surface area (Å²) in [5.41, 5.74) is 2.21. The van der Waals surface area contributed by atoms with E-state index in [-0.39, 0.29) is 37.0 Å². The SMILES string of the molecule is CC(=O)C[C@@H]1N(Cc2ccccc2)C(=O)[C@@H]2N(c3ccc(C)c(C)c3)C(=O)[C@@H]3CC(=O)O[C@]123. The summed E-state index contributed by atoms with van der Waals surface area (Å²) < 4.78 is 5.91. The summed E-state index contributed by atoms with van der Waals surface area (Å²) >= 11 is 0. The van der Waals surface area contributed by atoms with Crippen molar-refractivity contribution < 1.29 is 23.9 Å². The molecule has 0 N–H and O–H groups in total. The first-order valence-electron chi connectivity index (χ1n) is 11.2. The van der Waals surface area contributed by atoms with Crippen LogP contribution in [0.25, 0.3) is 0 Å². The lowest BCUT2D eigenvalue weighted by atomic mass is 9.80. The molecule has 170 valence electrons. The van der Waals surface area contributed by atoms with E-state index in [1.165, 1.54) is 11.8 Å². The second-order valence-electron chi connectivity index (χ2n) is 9.34. The molecule has 2 aromatic carbocycles. The standard InChI is InChI=1S/C26H26N2O5/c1-15-9-10-19(11-16(15)2)28-23-25(32)27(14-18-7-5-4-6-8-18)21(12-17(3)29)26(23)20(24(28)31)13-22(30)33-26/h4-11,20-21,23H,12-14H2,1-3H3/t20-,21-,23-,26+/m0/s1. The lowest BCUT2D eigenvalue weighted by molar-refractivity contribution is -0.152. The van der Waals surface area contributed by atoms with E-state index in [1.807, 2.05) is 62.4 Å². The zero-order chi connectivity index (χ0) is 23.5. The molecule has 7 nitrogen and oxygen atoms in total. The third-order valence-electron chi connectivity index (χ3n) is 7.29. The van der Waals surface area contributed by atoms with Crippen molar-refractivity contribution in [2.45, 2.75) is 57.8 Å². The van der Waals surface area contributed by atoms with E-state index in [4.69, 9.17) is 4.74 Å². The minimum atomic E-state index is -1.37. The number of ketones is 1. The van der Waals surface area contributed by atoms with Gasteiger partial charge in [0.25, 0.3) is 5.91 Å². The van der Waals surface area contributed by atoms with Crippen molar-refractivity contribution in [1.29, 1.82) is 0 Å². The van der Waals surface area contributed by atoms with Crippen molar-refractivity contribution >= 4 is 29.3 Å². The van der Waals surface area contributed by atoms with Crippen LogP contribution in [-0.2, 0) is 30.5 Å². The Balaban J connectivity index is 1.65. The lowest BCUT2D eigenvalue weighted by Gasteiger charge is -2.34. The summed E-state index contributed by atoms with van der Waals surface area (Å²) in [6.45, 7) is 5.66. The Labute approximate surface area is 192 Å². The Morgan fingerprint density at radius 1 is 1.03 bits per heavy atom. The first-order valence-corrected chi connectivity index (χ1v) is 11.2. The van der Waals surface area contributed by atoms with E-state index >= 15 is 0 Å². The van der Waals surface area contributed by atoms with E-state index in [0.717, 1.165) is 16.7 Å². The maximum absolute atomic E-state index is 13.9. The van der Waals surface area contributed by atoms with Gasteiger partial charge in [-0.2, -0.15) is 0 Å². The summed E-state index contributed by atoms with van der Waals surface area (Å²) in [6, 6.07) is 13.4. The van der Waals surface area contributed by atoms with Crippen molar-refractivity contribution in [3.63, 3.8) is 0 Å². The highest BCUT2D eigenvalue weighted by molar-refractivity contribution is 6.11. The van der Waals surface area contributed by atoms with E-state index < -0.39 is 29.6 Å². The molecule has 0 aromatic heterocycles. The predicted molar refractivity (Wildman–Crippen MR) is 120 cm³/mol. The lowest BCUT2D eigenvalue weighted by Crippen LogP contribution is -2.52. The van der Waals surface area contributed by atoms with Gasteiger partial charge < -0.3 is 9.64 Å². The first kappa shape index (κ1) is 21.4. The van der Waals surface area contributed by atoms with Crippen LogP contribution >= 0.6 is 0 Å². The van der Waals surface area contributed by atoms with E-state index in [1.54, 1.807) is 4.90 Å². The first-order chi connectivity index (χ1) is 15.7. The molecule has 0 radical (unpaired) electrons. The molecule has 3 saturated heterocycles. The number of anilines is 1. The highest BCUT2D eigenvalue weighted by atomic mass is 16.6. The number of aryl methyl sites for hydroxylation is 2. The minimum absolute atomic E-state index is 0.0207. The van der Waals surface area contributed by atoms with Crippen LogP contribution in [0.3, 0.4) is 0 Å². The molecule has 0 saturated carbocycles. The molecule has 0 aliphatic carbocycles. The van der Waals surface area contributed by atoms with Gasteiger partial charge in [-0.25, -0.2) is 0 Å². The molecule has 3 fully saturated rings. The van der Waals surface area contributed by atoms with Gasteiger partial charge in [0, 0.05) is 18.7 Å². The fraction of sp³-hybridized carbons (Fsp3) is 0.385. The summed E-state index contributed by atoms with van der Waals surface area (Å²) in [4.78, 5) is 55.5. The molecule has 0 unspecified atom stereocenters. The van der Waals surface area contributed by atoms with Crippen molar-refractivity contribution in [3.05, 3.63) is 65.2 Å². The topological polar surface area (TPSA) is 84.0 Å². The fourth-order valence-electron chi connectivity index (χ4n) is 5.66. The fourth-order valence-corrected chi connectivity index (χ4v) is 5.66. The van der Waals surface area contributed by atoms with Crippen LogP contribution < -0.4 is 4.90 Å². The van der Waals surface area contributed by atoms with E-state index in [2.05, 4.69) is 0 Å². The van der Waals surface area contributed by atoms with Crippen LogP contribution in [0.15, 0.2) is 48.5 Å². The summed E-state index contributed by atoms with van der Waals surface area (Å²) in [7, 11) is 0. The number of Topliss-reactive ketones (excluding diaryl/α,β-unsaturated/α-hetero) is 1. The molecule has 4 atom stereocenters. The summed E-state index contributed by atoms with van der Waals surface area (Å²) in [5.74, 6) is -2.02. The molecule has 3 aliphatic rings. The van der Waals surface area contributed by atoms with E-state index in [0.29, 0.717) is 5.69 Å². The number of benzene rings is 2. The molecule has 33 heavy (non-hydrogen) atoms. The second kappa shape index (κ2) is 7.54. The quantitative estimate of drug-likeness (QED) is 0.660. The van der Waals surface area contributed by atoms with Crippen LogP contribution in [0, 0.1) is 19.8 Å². The molecule has 2 aromatic rings. The molecular formula is C26H26N2O5. The van der Waals surface area contributed by atoms with E-state index in [9.17, 15) is 19.2 Å². The number of likely N-dealkylation sites (tertiary alicyclic amines) is 1. The Morgan fingerprint density at radius 2 is 1.76 bits per heavy atom. The summed E-state index contributed by atoms with van der Waals surface area (Å²) in [5, 5.41) is 0. The van der Waals surface area contributed by atoms with Gasteiger partial charge in [0.2, 0.25) is 5.91 Å². The number of ether oxygens (including phenoxy) is 1. The number of rotatable bonds is 5. The largest absolute Gasteiger partial charge is 0.453 e.